The maximum absolute atomic E-state index is 2.73. The Kier molecular flexibility index (Phi) is 5.25. The van der Waals surface area contributed by atoms with Crippen molar-refractivity contribution in [3.63, 3.8) is 0 Å². The number of likely N-dealkylation sites (tertiary alicyclic amines) is 1. The summed E-state index contributed by atoms with van der Waals surface area (Å²) < 4.78 is 0. The van der Waals surface area contributed by atoms with Gasteiger partial charge in [-0.2, -0.15) is 0 Å². The van der Waals surface area contributed by atoms with Crippen molar-refractivity contribution in [1.82, 2.24) is 4.90 Å². The normalized spacial score (nSPS) is 19.9. The van der Waals surface area contributed by atoms with Gasteiger partial charge in [0.15, 0.2) is 0 Å². The summed E-state index contributed by atoms with van der Waals surface area (Å²) in [7, 11) is 0. The zero-order chi connectivity index (χ0) is 12.8. The van der Waals surface area contributed by atoms with Crippen LogP contribution in [0.2, 0.25) is 0 Å². The first-order valence-electron chi connectivity index (χ1n) is 7.64. The predicted octanol–water partition coefficient (Wildman–Crippen LogP) is 4.44. The third-order valence-electron chi connectivity index (χ3n) is 4.41. The Bertz CT molecular complexity index is 325. The van der Waals surface area contributed by atoms with E-state index < -0.39 is 0 Å². The lowest BCUT2D eigenvalue weighted by molar-refractivity contribution is 0.140. The van der Waals surface area contributed by atoms with Gasteiger partial charge in [0.05, 0.1) is 0 Å². The molecular weight excluding hydrogens is 218 g/mol. The molecule has 1 nitrogen and oxygen atoms in total. The highest BCUT2D eigenvalue weighted by Crippen LogP contribution is 2.29. The summed E-state index contributed by atoms with van der Waals surface area (Å²) in [5, 5.41) is 0. The molecular formula is C17H27N. The van der Waals surface area contributed by atoms with Crippen molar-refractivity contribution >= 4 is 0 Å². The average molecular weight is 245 g/mol. The molecule has 1 saturated heterocycles. The molecule has 1 aliphatic heterocycles. The fourth-order valence-corrected chi connectivity index (χ4v) is 3.30. The maximum Gasteiger partial charge on any atom is 0.00925 e. The summed E-state index contributed by atoms with van der Waals surface area (Å²) in [6.07, 6.45) is 6.67. The lowest BCUT2D eigenvalue weighted by Gasteiger charge is -2.37. The van der Waals surface area contributed by atoms with Gasteiger partial charge in [0.2, 0.25) is 0 Å². The molecule has 0 aliphatic carbocycles. The Balaban J connectivity index is 1.88. The molecule has 0 amide bonds. The Morgan fingerprint density at radius 3 is 2.33 bits per heavy atom. The molecule has 100 valence electrons. The van der Waals surface area contributed by atoms with E-state index in [0.717, 1.165) is 12.0 Å². The number of rotatable bonds is 5. The quantitative estimate of drug-likeness (QED) is 0.741. The van der Waals surface area contributed by atoms with E-state index in [4.69, 9.17) is 0 Å². The van der Waals surface area contributed by atoms with Gasteiger partial charge in [-0.05, 0) is 50.3 Å². The van der Waals surface area contributed by atoms with Gasteiger partial charge in [-0.25, -0.2) is 0 Å². The number of benzene rings is 1. The minimum Gasteiger partial charge on any atom is -0.300 e. The molecule has 0 radical (unpaired) electrons. The molecule has 1 heterocycles. The van der Waals surface area contributed by atoms with E-state index in [9.17, 15) is 0 Å². The van der Waals surface area contributed by atoms with Crippen LogP contribution in [-0.4, -0.2) is 24.0 Å². The second-order valence-corrected chi connectivity index (χ2v) is 5.57. The van der Waals surface area contributed by atoms with Crippen molar-refractivity contribution in [3.05, 3.63) is 35.9 Å². The highest BCUT2D eigenvalue weighted by atomic mass is 15.2. The molecule has 0 spiro atoms. The largest absolute Gasteiger partial charge is 0.300 e. The van der Waals surface area contributed by atoms with E-state index in [-0.39, 0.29) is 0 Å². The van der Waals surface area contributed by atoms with Crippen molar-refractivity contribution in [1.29, 1.82) is 0 Å². The van der Waals surface area contributed by atoms with E-state index in [0.29, 0.717) is 0 Å². The second-order valence-electron chi connectivity index (χ2n) is 5.57. The summed E-state index contributed by atoms with van der Waals surface area (Å²) in [5.74, 6) is 0.793. The Hall–Kier alpha value is -0.820. The van der Waals surface area contributed by atoms with Crippen LogP contribution >= 0.6 is 0 Å². The van der Waals surface area contributed by atoms with Crippen molar-refractivity contribution in [2.75, 3.05) is 13.1 Å². The maximum atomic E-state index is 2.73. The van der Waals surface area contributed by atoms with Crippen molar-refractivity contribution in [2.24, 2.45) is 0 Å². The zero-order valence-corrected chi connectivity index (χ0v) is 11.9. The second kappa shape index (κ2) is 6.94. The van der Waals surface area contributed by atoms with E-state index >= 15 is 0 Å². The summed E-state index contributed by atoms with van der Waals surface area (Å²) in [6, 6.07) is 11.9. The third kappa shape index (κ3) is 3.35. The number of hydrogen-bond acceptors (Lipinski definition) is 1. The van der Waals surface area contributed by atoms with Crippen molar-refractivity contribution in [2.45, 2.75) is 57.9 Å². The van der Waals surface area contributed by atoms with Gasteiger partial charge in [-0.1, -0.05) is 50.6 Å². The van der Waals surface area contributed by atoms with Crippen LogP contribution in [0.5, 0.6) is 0 Å². The monoisotopic (exact) mass is 245 g/mol. The third-order valence-corrected chi connectivity index (χ3v) is 4.41. The number of hydrogen-bond donors (Lipinski definition) is 0. The lowest BCUT2D eigenvalue weighted by atomic mass is 9.88. The molecule has 1 aromatic carbocycles. The van der Waals surface area contributed by atoms with E-state index in [2.05, 4.69) is 49.1 Å². The van der Waals surface area contributed by atoms with Crippen molar-refractivity contribution in [3.8, 4) is 0 Å². The molecule has 0 N–H and O–H groups in total. The number of nitrogens with zero attached hydrogens (tertiary/aromatic N) is 1. The summed E-state index contributed by atoms with van der Waals surface area (Å²) in [5.41, 5.74) is 1.54. The average Bonchev–Trinajstić information content (AvgIpc) is 2.46. The zero-order valence-electron chi connectivity index (χ0n) is 11.9. The van der Waals surface area contributed by atoms with Crippen LogP contribution in [0.15, 0.2) is 30.3 Å². The lowest BCUT2D eigenvalue weighted by Crippen LogP contribution is -2.40. The summed E-state index contributed by atoms with van der Waals surface area (Å²) in [4.78, 5) is 2.73. The fraction of sp³-hybridized carbons (Fsp3) is 0.647. The first-order chi connectivity index (χ1) is 8.85. The van der Waals surface area contributed by atoms with Gasteiger partial charge >= 0.3 is 0 Å². The Morgan fingerprint density at radius 1 is 1.11 bits per heavy atom. The standard InChI is InChI=1S/C17H27N/c1-3-8-17(4-2)18-13-11-16(12-14-18)15-9-6-5-7-10-15/h5-7,9-10,16-17H,3-4,8,11-14H2,1-2H3. The van der Waals surface area contributed by atoms with Crippen LogP contribution in [0.25, 0.3) is 0 Å². The van der Waals surface area contributed by atoms with Crippen LogP contribution in [0.1, 0.15) is 57.4 Å². The Labute approximate surface area is 112 Å². The predicted molar refractivity (Wildman–Crippen MR) is 79.0 cm³/mol. The minimum absolute atomic E-state index is 0.793. The summed E-state index contributed by atoms with van der Waals surface area (Å²) in [6.45, 7) is 7.22. The van der Waals surface area contributed by atoms with Gasteiger partial charge in [0, 0.05) is 6.04 Å². The van der Waals surface area contributed by atoms with Crippen LogP contribution in [0, 0.1) is 0 Å². The van der Waals surface area contributed by atoms with Gasteiger partial charge in [-0.15, -0.1) is 0 Å². The first kappa shape index (κ1) is 13.6. The molecule has 1 heteroatoms. The van der Waals surface area contributed by atoms with Gasteiger partial charge < -0.3 is 4.90 Å². The van der Waals surface area contributed by atoms with Crippen LogP contribution in [0.4, 0.5) is 0 Å². The fourth-order valence-electron chi connectivity index (χ4n) is 3.30. The van der Waals surface area contributed by atoms with Crippen LogP contribution < -0.4 is 0 Å². The molecule has 1 fully saturated rings. The van der Waals surface area contributed by atoms with Crippen LogP contribution in [-0.2, 0) is 0 Å². The van der Waals surface area contributed by atoms with Crippen LogP contribution in [0.3, 0.4) is 0 Å². The molecule has 0 aromatic heterocycles. The molecule has 0 bridgehead atoms. The van der Waals surface area contributed by atoms with Gasteiger partial charge in [-0.3, -0.25) is 0 Å². The van der Waals surface area contributed by atoms with Gasteiger partial charge in [0.1, 0.15) is 0 Å². The molecule has 18 heavy (non-hydrogen) atoms. The first-order valence-corrected chi connectivity index (χ1v) is 7.64. The highest BCUT2D eigenvalue weighted by Gasteiger charge is 2.24. The smallest absolute Gasteiger partial charge is 0.00925 e. The minimum atomic E-state index is 0.793. The topological polar surface area (TPSA) is 3.24 Å². The van der Waals surface area contributed by atoms with Gasteiger partial charge in [0.25, 0.3) is 0 Å². The molecule has 0 saturated carbocycles. The number of piperidine rings is 1. The summed E-state index contributed by atoms with van der Waals surface area (Å²) >= 11 is 0. The van der Waals surface area contributed by atoms with E-state index in [1.165, 1.54) is 45.2 Å². The highest BCUT2D eigenvalue weighted by molar-refractivity contribution is 5.20. The Morgan fingerprint density at radius 2 is 1.78 bits per heavy atom. The van der Waals surface area contributed by atoms with Crippen molar-refractivity contribution < 1.29 is 0 Å². The molecule has 1 unspecified atom stereocenters. The molecule has 1 atom stereocenters. The molecule has 1 aromatic rings. The molecule has 2 rings (SSSR count). The SMILES string of the molecule is CCCC(CC)N1CCC(c2ccccc2)CC1. The van der Waals surface area contributed by atoms with E-state index in [1.807, 2.05) is 0 Å². The van der Waals surface area contributed by atoms with E-state index in [1.54, 1.807) is 5.56 Å². The molecule has 1 aliphatic rings.